The molecule has 1 aliphatic heterocycles. The van der Waals surface area contributed by atoms with Gasteiger partial charge in [-0.1, -0.05) is 4.67 Å². The molecular weight excluding hydrogens is 169 g/mol. The van der Waals surface area contributed by atoms with Crippen molar-refractivity contribution in [2.45, 2.75) is 6.42 Å². The molecule has 1 saturated heterocycles. The summed E-state index contributed by atoms with van der Waals surface area (Å²) in [6.07, 6.45) is 0.744. The summed E-state index contributed by atoms with van der Waals surface area (Å²) < 4.78 is 17.0. The van der Waals surface area contributed by atoms with Gasteiger partial charge in [-0.15, -0.1) is 4.52 Å². The van der Waals surface area contributed by atoms with Crippen LogP contribution in [0.25, 0.3) is 0 Å². The van der Waals surface area contributed by atoms with Crippen LogP contribution in [0.1, 0.15) is 6.42 Å². The van der Waals surface area contributed by atoms with Gasteiger partial charge in [0, 0.05) is 6.54 Å². The van der Waals surface area contributed by atoms with Gasteiger partial charge in [0.05, 0.1) is 0 Å². The highest BCUT2D eigenvalue weighted by Crippen LogP contribution is 2.31. The van der Waals surface area contributed by atoms with Crippen LogP contribution < -0.4 is 0 Å². The number of rotatable bonds is 2. The molecule has 1 N–H and O–H groups in total. The Kier molecular flexibility index (Phi) is 2.93. The van der Waals surface area contributed by atoms with Crippen molar-refractivity contribution in [3.63, 3.8) is 0 Å². The molecule has 5 nitrogen and oxygen atoms in total. The van der Waals surface area contributed by atoms with Gasteiger partial charge in [-0.25, -0.2) is 0 Å². The van der Waals surface area contributed by atoms with Crippen LogP contribution in [0.5, 0.6) is 0 Å². The highest BCUT2D eigenvalue weighted by Gasteiger charge is 2.35. The summed E-state index contributed by atoms with van der Waals surface area (Å²) in [5.41, 5.74) is 0. The third-order valence-corrected chi connectivity index (χ3v) is 2.52. The van der Waals surface area contributed by atoms with E-state index in [1.165, 1.54) is 4.67 Å². The molecule has 0 aromatic carbocycles. The number of nitrogens with zero attached hydrogens (tertiary/aromatic N) is 1. The van der Waals surface area contributed by atoms with Crippen LogP contribution in [0.15, 0.2) is 0 Å². The molecule has 0 amide bonds. The summed E-state index contributed by atoms with van der Waals surface area (Å²) in [5, 5.41) is 8.36. The molecule has 1 aliphatic rings. The molecule has 1 atom stereocenters. The molecule has 62 valence electrons. The Labute approximate surface area is 64.9 Å². The largest absolute Gasteiger partial charge is 0.616 e. The van der Waals surface area contributed by atoms with Crippen LogP contribution in [0.2, 0.25) is 0 Å². The lowest BCUT2D eigenvalue weighted by molar-refractivity contribution is -0.137. The van der Waals surface area contributed by atoms with E-state index in [1.807, 2.05) is 0 Å². The quantitative estimate of drug-likeness (QED) is 0.622. The van der Waals surface area contributed by atoms with Crippen LogP contribution in [-0.2, 0) is 13.9 Å². The van der Waals surface area contributed by atoms with Crippen molar-refractivity contribution in [1.82, 2.24) is 4.67 Å². The molecule has 0 aromatic rings. The monoisotopic (exact) mass is 178 g/mol. The SMILES string of the molecule is O=C(O)CN1CCCO[P+]1=O. The van der Waals surface area contributed by atoms with Gasteiger partial charge in [-0.3, -0.25) is 4.79 Å². The van der Waals surface area contributed by atoms with Crippen LogP contribution in [0, 0.1) is 0 Å². The van der Waals surface area contributed by atoms with Crippen molar-refractivity contribution in [3.05, 3.63) is 0 Å². The first kappa shape index (κ1) is 8.59. The molecule has 0 aliphatic carbocycles. The third kappa shape index (κ3) is 2.54. The first-order valence-corrected chi connectivity index (χ1v) is 4.40. The number of carbonyl (C=O) groups is 1. The molecule has 1 unspecified atom stereocenters. The second kappa shape index (κ2) is 3.76. The van der Waals surface area contributed by atoms with Gasteiger partial charge in [0.1, 0.15) is 13.2 Å². The lowest BCUT2D eigenvalue weighted by Crippen LogP contribution is -2.28. The minimum absolute atomic E-state index is 0.199. The minimum atomic E-state index is -1.89. The standard InChI is InChI=1S/C5H8NO4P/c7-5(8)4-6-2-1-3-10-11(6)9/h1-4H2/p+1. The lowest BCUT2D eigenvalue weighted by Gasteiger charge is -2.10. The first-order chi connectivity index (χ1) is 5.20. The van der Waals surface area contributed by atoms with E-state index in [4.69, 9.17) is 9.63 Å². The van der Waals surface area contributed by atoms with E-state index in [0.717, 1.165) is 6.42 Å². The van der Waals surface area contributed by atoms with Gasteiger partial charge in [-0.2, -0.15) is 0 Å². The highest BCUT2D eigenvalue weighted by molar-refractivity contribution is 7.36. The molecule has 1 heterocycles. The van der Waals surface area contributed by atoms with E-state index >= 15 is 0 Å². The molecule has 11 heavy (non-hydrogen) atoms. The topological polar surface area (TPSA) is 66.8 Å². The molecule has 1 rings (SSSR count). The van der Waals surface area contributed by atoms with Crippen LogP contribution >= 0.6 is 8.18 Å². The van der Waals surface area contributed by atoms with E-state index in [0.29, 0.717) is 13.2 Å². The number of hydrogen-bond acceptors (Lipinski definition) is 3. The van der Waals surface area contributed by atoms with Crippen molar-refractivity contribution in [3.8, 4) is 0 Å². The predicted octanol–water partition coefficient (Wildman–Crippen LogP) is 0.451. The molecule has 0 bridgehead atoms. The van der Waals surface area contributed by atoms with Crippen molar-refractivity contribution >= 4 is 14.1 Å². The second-order valence-electron chi connectivity index (χ2n) is 2.21. The molecule has 6 heteroatoms. The fraction of sp³-hybridized carbons (Fsp3) is 0.800. The van der Waals surface area contributed by atoms with Crippen molar-refractivity contribution in [1.29, 1.82) is 0 Å². The van der Waals surface area contributed by atoms with E-state index < -0.39 is 14.1 Å². The minimum Gasteiger partial charge on any atom is -0.480 e. The Balaban J connectivity index is 2.42. The van der Waals surface area contributed by atoms with Crippen LogP contribution in [0.4, 0.5) is 0 Å². The van der Waals surface area contributed by atoms with Crippen molar-refractivity contribution in [2.24, 2.45) is 0 Å². The second-order valence-corrected chi connectivity index (χ2v) is 3.51. The Morgan fingerprint density at radius 3 is 3.00 bits per heavy atom. The third-order valence-electron chi connectivity index (χ3n) is 1.31. The number of carboxylic acids is 1. The molecule has 0 radical (unpaired) electrons. The normalized spacial score (nSPS) is 23.5. The van der Waals surface area contributed by atoms with Crippen LogP contribution in [-0.4, -0.2) is 35.4 Å². The van der Waals surface area contributed by atoms with E-state index in [1.54, 1.807) is 0 Å². The fourth-order valence-corrected chi connectivity index (χ4v) is 1.84. The van der Waals surface area contributed by atoms with E-state index in [-0.39, 0.29) is 6.54 Å². The highest BCUT2D eigenvalue weighted by atomic mass is 31.1. The average Bonchev–Trinajstić information content (AvgIpc) is 1.93. The van der Waals surface area contributed by atoms with Gasteiger partial charge in [0.15, 0.2) is 0 Å². The smallest absolute Gasteiger partial charge is 0.480 e. The van der Waals surface area contributed by atoms with Gasteiger partial charge < -0.3 is 5.11 Å². The van der Waals surface area contributed by atoms with E-state index in [9.17, 15) is 9.36 Å². The summed E-state index contributed by atoms with van der Waals surface area (Å²) in [7, 11) is -1.89. The van der Waals surface area contributed by atoms with Crippen molar-refractivity contribution < 1.29 is 19.0 Å². The van der Waals surface area contributed by atoms with E-state index in [2.05, 4.69) is 0 Å². The maximum atomic E-state index is 10.9. The van der Waals surface area contributed by atoms with Gasteiger partial charge >= 0.3 is 14.1 Å². The molecule has 1 fully saturated rings. The molecule has 0 saturated carbocycles. The molecule has 0 aromatic heterocycles. The number of carboxylic acid groups (broad SMARTS) is 1. The Hall–Kier alpha value is -0.510. The summed E-state index contributed by atoms with van der Waals surface area (Å²) in [5.74, 6) is -0.973. The zero-order chi connectivity index (χ0) is 8.27. The maximum absolute atomic E-state index is 10.9. The summed E-state index contributed by atoms with van der Waals surface area (Å²) in [4.78, 5) is 10.2. The zero-order valence-corrected chi connectivity index (χ0v) is 6.79. The van der Waals surface area contributed by atoms with Crippen LogP contribution in [0.3, 0.4) is 0 Å². The predicted molar refractivity (Wildman–Crippen MR) is 37.4 cm³/mol. The summed E-state index contributed by atoms with van der Waals surface area (Å²) in [6, 6.07) is 0. The lowest BCUT2D eigenvalue weighted by atomic mass is 10.4. The maximum Gasteiger partial charge on any atom is 0.616 e. The molecule has 0 spiro atoms. The van der Waals surface area contributed by atoms with Crippen molar-refractivity contribution in [2.75, 3.05) is 19.7 Å². The molecular formula is C5H9NO4P+. The Morgan fingerprint density at radius 2 is 2.45 bits per heavy atom. The Morgan fingerprint density at radius 1 is 1.73 bits per heavy atom. The summed E-state index contributed by atoms with van der Waals surface area (Å²) in [6.45, 7) is 0.808. The van der Waals surface area contributed by atoms with Gasteiger partial charge in [0.2, 0.25) is 0 Å². The van der Waals surface area contributed by atoms with Gasteiger partial charge in [0.25, 0.3) is 0 Å². The Bertz CT molecular complexity index is 183. The number of aliphatic carboxylic acids is 1. The zero-order valence-electron chi connectivity index (χ0n) is 5.89. The van der Waals surface area contributed by atoms with Gasteiger partial charge in [-0.05, 0) is 11.0 Å². The fourth-order valence-electron chi connectivity index (χ4n) is 0.846. The first-order valence-electron chi connectivity index (χ1n) is 3.27. The summed E-state index contributed by atoms with van der Waals surface area (Å²) >= 11 is 0. The average molecular weight is 178 g/mol. The number of hydrogen-bond donors (Lipinski definition) is 1.